The number of ether oxygens (including phenoxy) is 1. The van der Waals surface area contributed by atoms with E-state index in [2.05, 4.69) is 21.1 Å². The third-order valence-electron chi connectivity index (χ3n) is 5.79. The van der Waals surface area contributed by atoms with Gasteiger partial charge in [-0.25, -0.2) is 14.4 Å². The summed E-state index contributed by atoms with van der Waals surface area (Å²) in [6.45, 7) is 1.88. The summed E-state index contributed by atoms with van der Waals surface area (Å²) in [6, 6.07) is 6.23. The number of hydrogen-bond donors (Lipinski definition) is 1. The van der Waals surface area contributed by atoms with Crippen LogP contribution in [0.15, 0.2) is 24.4 Å². The fourth-order valence-corrected chi connectivity index (χ4v) is 4.04. The van der Waals surface area contributed by atoms with Crippen molar-refractivity contribution in [2.45, 2.75) is 38.5 Å². The van der Waals surface area contributed by atoms with Crippen LogP contribution in [0.3, 0.4) is 0 Å². The summed E-state index contributed by atoms with van der Waals surface area (Å²) in [4.78, 5) is 24.1. The van der Waals surface area contributed by atoms with E-state index in [0.717, 1.165) is 12.8 Å². The third-order valence-corrected chi connectivity index (χ3v) is 5.79. The van der Waals surface area contributed by atoms with Gasteiger partial charge >= 0.3 is 0 Å². The van der Waals surface area contributed by atoms with Crippen LogP contribution in [0.4, 0.5) is 10.2 Å². The number of nitrogen functional groups attached to an aromatic ring is 1. The maximum absolute atomic E-state index is 14.1. The first kappa shape index (κ1) is 19.9. The summed E-state index contributed by atoms with van der Waals surface area (Å²) in [5.41, 5.74) is 8.38. The monoisotopic (exact) mass is 433 g/mol. The van der Waals surface area contributed by atoms with Gasteiger partial charge in [-0.3, -0.25) is 9.48 Å². The van der Waals surface area contributed by atoms with E-state index in [4.69, 9.17) is 10.5 Å². The number of benzene rings is 1. The quantitative estimate of drug-likeness (QED) is 0.626. The van der Waals surface area contributed by atoms with Crippen LogP contribution in [0.5, 0.6) is 5.88 Å². The van der Waals surface area contributed by atoms with Crippen molar-refractivity contribution < 1.29 is 13.9 Å². The Morgan fingerprint density at radius 2 is 2.12 bits per heavy atom. The normalized spacial score (nSPS) is 18.0. The summed E-state index contributed by atoms with van der Waals surface area (Å²) in [5, 5.41) is 14.3. The molecule has 0 spiro atoms. The third kappa shape index (κ3) is 3.22. The molecule has 1 aliphatic carbocycles. The van der Waals surface area contributed by atoms with Gasteiger partial charge in [0.15, 0.2) is 5.82 Å². The highest BCUT2D eigenvalue weighted by Gasteiger charge is 2.37. The lowest BCUT2D eigenvalue weighted by Crippen LogP contribution is -2.34. The van der Waals surface area contributed by atoms with Crippen LogP contribution in [0.1, 0.15) is 53.2 Å². The van der Waals surface area contributed by atoms with E-state index in [0.29, 0.717) is 33.8 Å². The molecule has 10 heteroatoms. The van der Waals surface area contributed by atoms with Crippen LogP contribution in [0.2, 0.25) is 0 Å². The SMILES string of the molecule is CC1Oc2nc(cnc2N)-c2c(nn(C)c2C#N)CN(C2CC2)C(=O)c2ccc(F)cc21. The Kier molecular flexibility index (Phi) is 4.55. The average Bonchev–Trinajstić information content (AvgIpc) is 3.55. The molecule has 9 nitrogen and oxygen atoms in total. The van der Waals surface area contributed by atoms with E-state index >= 15 is 0 Å². The second-order valence-corrected chi connectivity index (χ2v) is 8.01. The first-order valence-corrected chi connectivity index (χ1v) is 10.2. The fraction of sp³-hybridized carbons (Fsp3) is 0.318. The van der Waals surface area contributed by atoms with Gasteiger partial charge in [0.1, 0.15) is 23.7 Å². The van der Waals surface area contributed by atoms with Crippen molar-refractivity contribution in [3.05, 3.63) is 52.7 Å². The first-order valence-electron chi connectivity index (χ1n) is 10.2. The molecule has 1 amide bonds. The van der Waals surface area contributed by atoms with E-state index in [9.17, 15) is 14.4 Å². The molecule has 2 aromatic heterocycles. The van der Waals surface area contributed by atoms with Crippen molar-refractivity contribution in [1.82, 2.24) is 24.6 Å². The number of aromatic nitrogens is 4. The van der Waals surface area contributed by atoms with Crippen LogP contribution >= 0.6 is 0 Å². The summed E-state index contributed by atoms with van der Waals surface area (Å²) in [5.74, 6) is -0.631. The molecule has 32 heavy (non-hydrogen) atoms. The van der Waals surface area contributed by atoms with E-state index < -0.39 is 11.9 Å². The maximum atomic E-state index is 14.1. The van der Waals surface area contributed by atoms with Crippen LogP contribution in [-0.2, 0) is 13.6 Å². The van der Waals surface area contributed by atoms with Crippen LogP contribution in [0, 0.1) is 17.1 Å². The number of hydrogen-bond acceptors (Lipinski definition) is 7. The van der Waals surface area contributed by atoms with Crippen LogP contribution < -0.4 is 10.5 Å². The highest BCUT2D eigenvalue weighted by atomic mass is 19.1. The van der Waals surface area contributed by atoms with Crippen molar-refractivity contribution >= 4 is 11.7 Å². The van der Waals surface area contributed by atoms with E-state index in [-0.39, 0.29) is 30.2 Å². The minimum absolute atomic E-state index is 0.0379. The number of rotatable bonds is 1. The van der Waals surface area contributed by atoms with Gasteiger partial charge in [-0.1, -0.05) is 0 Å². The van der Waals surface area contributed by atoms with Crippen molar-refractivity contribution in [3.8, 4) is 23.2 Å². The zero-order valence-electron chi connectivity index (χ0n) is 17.5. The Bertz CT molecular complexity index is 1290. The van der Waals surface area contributed by atoms with Gasteiger partial charge in [0.25, 0.3) is 11.8 Å². The molecule has 5 rings (SSSR count). The van der Waals surface area contributed by atoms with Gasteiger partial charge < -0.3 is 15.4 Å². The molecule has 2 bridgehead atoms. The molecule has 1 aromatic carbocycles. The molecule has 1 saturated carbocycles. The van der Waals surface area contributed by atoms with Crippen molar-refractivity contribution in [2.75, 3.05) is 5.73 Å². The average molecular weight is 433 g/mol. The summed E-state index contributed by atoms with van der Waals surface area (Å²) in [7, 11) is 1.66. The van der Waals surface area contributed by atoms with Crippen LogP contribution in [-0.4, -0.2) is 36.6 Å². The standard InChI is InChI=1S/C22H20FN7O2/c1-11-15-7-12(23)3-6-14(15)22(31)30(13-4-5-13)10-17-19(18(8-24)29(2)28-17)16-9-26-20(25)21(27-16)32-11/h3,6-7,9,11,13H,4-5,10H2,1-2H3,(H2,25,26). The number of amides is 1. The number of fused-ring (bicyclic) bond motifs is 5. The zero-order valence-corrected chi connectivity index (χ0v) is 17.5. The summed E-state index contributed by atoms with van der Waals surface area (Å²) < 4.78 is 21.5. The number of carbonyl (C=O) groups is 1. The number of anilines is 1. The molecule has 1 atom stereocenters. The molecular formula is C22H20FN7O2. The Labute approximate surface area is 183 Å². The van der Waals surface area contributed by atoms with Gasteiger partial charge in [0.2, 0.25) is 0 Å². The van der Waals surface area contributed by atoms with Gasteiger partial charge in [0, 0.05) is 24.2 Å². The van der Waals surface area contributed by atoms with Gasteiger partial charge in [-0.05, 0) is 38.0 Å². The molecule has 3 heterocycles. The molecule has 1 fully saturated rings. The van der Waals surface area contributed by atoms with E-state index in [1.165, 1.54) is 29.1 Å². The lowest BCUT2D eigenvalue weighted by Gasteiger charge is -2.26. The largest absolute Gasteiger partial charge is 0.467 e. The second-order valence-electron chi connectivity index (χ2n) is 8.01. The van der Waals surface area contributed by atoms with Crippen molar-refractivity contribution in [1.29, 1.82) is 5.26 Å². The minimum Gasteiger partial charge on any atom is -0.467 e. The molecule has 0 saturated heterocycles. The molecule has 2 N–H and O–H groups in total. The highest BCUT2D eigenvalue weighted by molar-refractivity contribution is 5.96. The Hall–Kier alpha value is -4.00. The number of halogens is 1. The zero-order chi connectivity index (χ0) is 22.6. The minimum atomic E-state index is -0.721. The molecule has 1 aliphatic heterocycles. The fourth-order valence-electron chi connectivity index (χ4n) is 4.04. The smallest absolute Gasteiger partial charge is 0.258 e. The Balaban J connectivity index is 1.76. The molecular weight excluding hydrogens is 413 g/mol. The number of aryl methyl sites for hydroxylation is 1. The van der Waals surface area contributed by atoms with Crippen LogP contribution in [0.25, 0.3) is 11.3 Å². The van der Waals surface area contributed by atoms with Crippen molar-refractivity contribution in [2.24, 2.45) is 7.05 Å². The molecule has 2 aliphatic rings. The van der Waals surface area contributed by atoms with Crippen molar-refractivity contribution in [3.63, 3.8) is 0 Å². The Morgan fingerprint density at radius 1 is 1.34 bits per heavy atom. The van der Waals surface area contributed by atoms with Gasteiger partial charge in [-0.15, -0.1) is 0 Å². The second kappa shape index (κ2) is 7.30. The topological polar surface area (TPSA) is 123 Å². The molecule has 3 aromatic rings. The van der Waals surface area contributed by atoms with Gasteiger partial charge in [0.05, 0.1) is 29.7 Å². The van der Waals surface area contributed by atoms with Gasteiger partial charge in [-0.2, -0.15) is 10.4 Å². The molecule has 162 valence electrons. The van der Waals surface area contributed by atoms with E-state index in [1.54, 1.807) is 18.9 Å². The molecule has 1 unspecified atom stereocenters. The number of nitrogens with zero attached hydrogens (tertiary/aromatic N) is 6. The summed E-state index contributed by atoms with van der Waals surface area (Å²) in [6.07, 6.45) is 2.47. The predicted molar refractivity (Wildman–Crippen MR) is 112 cm³/mol. The molecule has 0 radical (unpaired) electrons. The first-order chi connectivity index (χ1) is 15.4. The lowest BCUT2D eigenvalue weighted by molar-refractivity contribution is 0.0722. The number of carbonyl (C=O) groups excluding carboxylic acids is 1. The Morgan fingerprint density at radius 3 is 2.84 bits per heavy atom. The highest BCUT2D eigenvalue weighted by Crippen LogP contribution is 2.36. The van der Waals surface area contributed by atoms with E-state index in [1.807, 2.05) is 0 Å². The summed E-state index contributed by atoms with van der Waals surface area (Å²) >= 11 is 0. The predicted octanol–water partition coefficient (Wildman–Crippen LogP) is 2.73. The number of nitriles is 1. The number of nitrogens with two attached hydrogens (primary N) is 1. The lowest BCUT2D eigenvalue weighted by atomic mass is 10.0. The maximum Gasteiger partial charge on any atom is 0.258 e.